The number of benzene rings is 1. The second-order valence-corrected chi connectivity index (χ2v) is 4.75. The highest BCUT2D eigenvalue weighted by Crippen LogP contribution is 2.23. The number of hydrogen-bond acceptors (Lipinski definition) is 5. The largest absolute Gasteiger partial charge is 0.490 e. The molecule has 0 aliphatic rings. The van der Waals surface area contributed by atoms with Crippen molar-refractivity contribution in [1.29, 1.82) is 0 Å². The minimum atomic E-state index is -0.676. The maximum atomic E-state index is 9.75. The van der Waals surface area contributed by atoms with Crippen LogP contribution in [0, 0.1) is 0 Å². The van der Waals surface area contributed by atoms with Crippen molar-refractivity contribution in [3.8, 4) is 5.75 Å². The molecule has 5 nitrogen and oxygen atoms in total. The summed E-state index contributed by atoms with van der Waals surface area (Å²) in [5.74, 6) is 0.708. The second kappa shape index (κ2) is 9.96. The number of methoxy groups -OCH3 is 1. The molecule has 0 aliphatic heterocycles. The summed E-state index contributed by atoms with van der Waals surface area (Å²) in [5, 5.41) is 13.5. The van der Waals surface area contributed by atoms with E-state index in [1.165, 1.54) is 0 Å². The van der Waals surface area contributed by atoms with Gasteiger partial charge >= 0.3 is 0 Å². The SMILES string of the molecule is CNCc1cc(Cl)ccc1OCC(O)COCCOC. The zero-order chi connectivity index (χ0) is 14.8. The van der Waals surface area contributed by atoms with Crippen LogP contribution in [0.3, 0.4) is 0 Å². The first-order chi connectivity index (χ1) is 9.67. The molecule has 1 atom stereocenters. The van der Waals surface area contributed by atoms with Crippen LogP contribution in [0.15, 0.2) is 18.2 Å². The third-order valence-electron chi connectivity index (χ3n) is 2.56. The normalized spacial score (nSPS) is 12.4. The number of nitrogens with one attached hydrogen (secondary N) is 1. The van der Waals surface area contributed by atoms with Crippen molar-refractivity contribution in [2.45, 2.75) is 12.6 Å². The molecule has 0 amide bonds. The lowest BCUT2D eigenvalue weighted by Gasteiger charge is -2.15. The molecule has 2 N–H and O–H groups in total. The molecule has 0 aliphatic carbocycles. The average Bonchev–Trinajstić information content (AvgIpc) is 2.43. The Balaban J connectivity index is 2.40. The number of ether oxygens (including phenoxy) is 3. The molecule has 0 aromatic heterocycles. The number of rotatable bonds is 10. The van der Waals surface area contributed by atoms with Crippen molar-refractivity contribution >= 4 is 11.6 Å². The van der Waals surface area contributed by atoms with E-state index in [0.29, 0.717) is 30.5 Å². The molecule has 0 heterocycles. The summed E-state index contributed by atoms with van der Waals surface area (Å²) >= 11 is 5.95. The van der Waals surface area contributed by atoms with Gasteiger partial charge in [0.15, 0.2) is 0 Å². The van der Waals surface area contributed by atoms with Gasteiger partial charge in [-0.3, -0.25) is 0 Å². The van der Waals surface area contributed by atoms with Crippen molar-refractivity contribution in [1.82, 2.24) is 5.32 Å². The third-order valence-corrected chi connectivity index (χ3v) is 2.80. The Morgan fingerprint density at radius 1 is 1.30 bits per heavy atom. The minimum Gasteiger partial charge on any atom is -0.490 e. The lowest BCUT2D eigenvalue weighted by Crippen LogP contribution is -2.24. The predicted octanol–water partition coefficient (Wildman–Crippen LogP) is 1.46. The summed E-state index contributed by atoms with van der Waals surface area (Å²) in [7, 11) is 3.45. The van der Waals surface area contributed by atoms with Gasteiger partial charge in [0, 0.05) is 24.2 Å². The summed E-state index contributed by atoms with van der Waals surface area (Å²) in [6.07, 6.45) is -0.676. The van der Waals surface area contributed by atoms with Crippen LogP contribution in [0.2, 0.25) is 5.02 Å². The van der Waals surface area contributed by atoms with Crippen LogP contribution in [-0.4, -0.2) is 51.8 Å². The molecular formula is C14H22ClNO4. The van der Waals surface area contributed by atoms with E-state index in [-0.39, 0.29) is 13.2 Å². The highest BCUT2D eigenvalue weighted by molar-refractivity contribution is 6.30. The molecule has 20 heavy (non-hydrogen) atoms. The van der Waals surface area contributed by atoms with Crippen molar-refractivity contribution in [2.24, 2.45) is 0 Å². The Bertz CT molecular complexity index is 389. The lowest BCUT2D eigenvalue weighted by atomic mass is 10.2. The first-order valence-electron chi connectivity index (χ1n) is 6.48. The quantitative estimate of drug-likeness (QED) is 0.641. The molecule has 0 fully saturated rings. The summed E-state index contributed by atoms with van der Waals surface area (Å²) in [6, 6.07) is 5.40. The topological polar surface area (TPSA) is 60.0 Å². The predicted molar refractivity (Wildman–Crippen MR) is 78.4 cm³/mol. The van der Waals surface area contributed by atoms with E-state index < -0.39 is 6.10 Å². The van der Waals surface area contributed by atoms with E-state index in [1.807, 2.05) is 13.1 Å². The van der Waals surface area contributed by atoms with Gasteiger partial charge in [0.05, 0.1) is 19.8 Å². The van der Waals surface area contributed by atoms with Gasteiger partial charge in [-0.15, -0.1) is 0 Å². The fourth-order valence-electron chi connectivity index (χ4n) is 1.61. The van der Waals surface area contributed by atoms with E-state index in [2.05, 4.69) is 5.32 Å². The van der Waals surface area contributed by atoms with Crippen LogP contribution in [0.5, 0.6) is 5.75 Å². The highest BCUT2D eigenvalue weighted by Gasteiger charge is 2.09. The van der Waals surface area contributed by atoms with E-state index in [9.17, 15) is 5.11 Å². The van der Waals surface area contributed by atoms with Gasteiger partial charge in [0.25, 0.3) is 0 Å². The molecule has 1 aromatic rings. The molecule has 0 bridgehead atoms. The smallest absolute Gasteiger partial charge is 0.124 e. The molecule has 1 aromatic carbocycles. The van der Waals surface area contributed by atoms with Crippen LogP contribution in [0.25, 0.3) is 0 Å². The molecule has 0 spiro atoms. The van der Waals surface area contributed by atoms with Crippen LogP contribution < -0.4 is 10.1 Å². The molecule has 1 rings (SSSR count). The van der Waals surface area contributed by atoms with Crippen LogP contribution in [0.1, 0.15) is 5.56 Å². The van der Waals surface area contributed by atoms with E-state index >= 15 is 0 Å². The molecule has 0 saturated heterocycles. The van der Waals surface area contributed by atoms with E-state index in [4.69, 9.17) is 25.8 Å². The van der Waals surface area contributed by atoms with Gasteiger partial charge in [-0.2, -0.15) is 0 Å². The van der Waals surface area contributed by atoms with Crippen molar-refractivity contribution in [3.63, 3.8) is 0 Å². The Kier molecular flexibility index (Phi) is 8.57. The Hall–Kier alpha value is -0.850. The number of hydrogen-bond donors (Lipinski definition) is 2. The van der Waals surface area contributed by atoms with Crippen LogP contribution in [-0.2, 0) is 16.0 Å². The Labute approximate surface area is 124 Å². The summed E-state index contributed by atoms with van der Waals surface area (Å²) in [5.41, 5.74) is 0.951. The van der Waals surface area contributed by atoms with Gasteiger partial charge in [-0.1, -0.05) is 11.6 Å². The average molecular weight is 304 g/mol. The maximum absolute atomic E-state index is 9.75. The first-order valence-corrected chi connectivity index (χ1v) is 6.85. The maximum Gasteiger partial charge on any atom is 0.124 e. The van der Waals surface area contributed by atoms with Gasteiger partial charge in [-0.05, 0) is 25.2 Å². The molecular weight excluding hydrogens is 282 g/mol. The molecule has 1 unspecified atom stereocenters. The summed E-state index contributed by atoms with van der Waals surface area (Å²) in [6.45, 7) is 2.01. The number of halogens is 1. The van der Waals surface area contributed by atoms with E-state index in [0.717, 1.165) is 5.56 Å². The van der Waals surface area contributed by atoms with Crippen molar-refractivity contribution in [2.75, 3.05) is 40.6 Å². The fourth-order valence-corrected chi connectivity index (χ4v) is 1.81. The monoisotopic (exact) mass is 303 g/mol. The number of aliphatic hydroxyl groups is 1. The minimum absolute atomic E-state index is 0.172. The molecule has 0 saturated carbocycles. The standard InChI is InChI=1S/C14H22ClNO4/c1-16-8-11-7-12(15)3-4-14(11)20-10-13(17)9-19-6-5-18-2/h3-4,7,13,16-17H,5-6,8-10H2,1-2H3. The van der Waals surface area contributed by atoms with Crippen LogP contribution in [0.4, 0.5) is 0 Å². The van der Waals surface area contributed by atoms with Crippen LogP contribution >= 0.6 is 11.6 Å². The Morgan fingerprint density at radius 3 is 2.80 bits per heavy atom. The zero-order valence-corrected chi connectivity index (χ0v) is 12.7. The van der Waals surface area contributed by atoms with Gasteiger partial charge in [0.1, 0.15) is 18.5 Å². The summed E-state index contributed by atoms with van der Waals surface area (Å²) in [4.78, 5) is 0. The van der Waals surface area contributed by atoms with Gasteiger partial charge in [-0.25, -0.2) is 0 Å². The summed E-state index contributed by atoms with van der Waals surface area (Å²) < 4.78 is 15.7. The molecule has 0 radical (unpaired) electrons. The first kappa shape index (κ1) is 17.2. The number of aliphatic hydroxyl groups excluding tert-OH is 1. The zero-order valence-electron chi connectivity index (χ0n) is 11.9. The van der Waals surface area contributed by atoms with Gasteiger partial charge < -0.3 is 24.6 Å². The molecule has 6 heteroatoms. The Morgan fingerprint density at radius 2 is 2.10 bits per heavy atom. The van der Waals surface area contributed by atoms with Crippen molar-refractivity contribution in [3.05, 3.63) is 28.8 Å². The fraction of sp³-hybridized carbons (Fsp3) is 0.571. The van der Waals surface area contributed by atoms with Gasteiger partial charge in [0.2, 0.25) is 0 Å². The highest BCUT2D eigenvalue weighted by atomic mass is 35.5. The van der Waals surface area contributed by atoms with Crippen molar-refractivity contribution < 1.29 is 19.3 Å². The second-order valence-electron chi connectivity index (χ2n) is 4.31. The molecule has 114 valence electrons. The van der Waals surface area contributed by atoms with E-state index in [1.54, 1.807) is 19.2 Å². The third kappa shape index (κ3) is 6.54. The lowest BCUT2D eigenvalue weighted by molar-refractivity contribution is -0.00432.